The van der Waals surface area contributed by atoms with E-state index in [1.165, 1.54) is 0 Å². The highest BCUT2D eigenvalue weighted by atomic mass is 35.5. The third kappa shape index (κ3) is 4.38. The molecule has 0 unspecified atom stereocenters. The first-order valence-electron chi connectivity index (χ1n) is 9.50. The molecule has 2 saturated heterocycles. The lowest BCUT2D eigenvalue weighted by Gasteiger charge is -2.35. The second kappa shape index (κ2) is 7.93. The molecule has 2 aliphatic rings. The number of rotatable bonds is 5. The van der Waals surface area contributed by atoms with Crippen molar-refractivity contribution in [2.45, 2.75) is 64.2 Å². The lowest BCUT2D eigenvalue weighted by molar-refractivity contribution is -0.131. The zero-order valence-electron chi connectivity index (χ0n) is 16.5. The average molecular weight is 395 g/mol. The number of alkyl halides is 1. The van der Waals surface area contributed by atoms with E-state index in [1.807, 2.05) is 32.6 Å². The van der Waals surface area contributed by atoms with E-state index in [1.54, 1.807) is 12.4 Å². The number of hydrogen-bond acceptors (Lipinski definition) is 6. The predicted molar refractivity (Wildman–Crippen MR) is 106 cm³/mol. The van der Waals surface area contributed by atoms with Crippen molar-refractivity contribution in [3.05, 3.63) is 12.4 Å². The van der Waals surface area contributed by atoms with Crippen molar-refractivity contribution in [3.63, 3.8) is 0 Å². The van der Waals surface area contributed by atoms with E-state index in [4.69, 9.17) is 20.9 Å². The number of halogens is 1. The maximum Gasteiger partial charge on any atom is 0.498 e. The van der Waals surface area contributed by atoms with Gasteiger partial charge in [0, 0.05) is 37.0 Å². The van der Waals surface area contributed by atoms with Crippen molar-refractivity contribution < 1.29 is 14.1 Å². The summed E-state index contributed by atoms with van der Waals surface area (Å²) in [6.07, 6.45) is 6.54. The van der Waals surface area contributed by atoms with Crippen LogP contribution in [-0.2, 0) is 14.1 Å². The van der Waals surface area contributed by atoms with Crippen LogP contribution in [0.3, 0.4) is 0 Å². The first-order valence-corrected chi connectivity index (χ1v) is 10.0. The number of carbonyl (C=O) groups excluding carboxylic acids is 1. The van der Waals surface area contributed by atoms with Crippen LogP contribution in [0.5, 0.6) is 0 Å². The van der Waals surface area contributed by atoms with E-state index >= 15 is 0 Å². The molecule has 148 valence electrons. The fraction of sp³-hybridized carbons (Fsp3) is 0.722. The molecule has 1 N–H and O–H groups in total. The van der Waals surface area contributed by atoms with Crippen molar-refractivity contribution in [1.29, 1.82) is 0 Å². The molecular weight excluding hydrogens is 366 g/mol. The highest BCUT2D eigenvalue weighted by Crippen LogP contribution is 2.36. The second-order valence-electron chi connectivity index (χ2n) is 8.18. The molecule has 3 rings (SSSR count). The van der Waals surface area contributed by atoms with Gasteiger partial charge < -0.3 is 19.5 Å². The molecule has 0 spiro atoms. The molecule has 27 heavy (non-hydrogen) atoms. The van der Waals surface area contributed by atoms with Gasteiger partial charge in [-0.15, -0.1) is 11.6 Å². The van der Waals surface area contributed by atoms with Gasteiger partial charge in [0.2, 0.25) is 11.9 Å². The minimum absolute atomic E-state index is 0.0137. The van der Waals surface area contributed by atoms with Crippen LogP contribution in [0.4, 0.5) is 5.95 Å². The molecule has 2 aliphatic heterocycles. The third-order valence-electron chi connectivity index (χ3n) is 5.75. The molecule has 3 heterocycles. The summed E-state index contributed by atoms with van der Waals surface area (Å²) in [6, 6.07) is 0.122. The van der Waals surface area contributed by atoms with Crippen LogP contribution in [0.15, 0.2) is 12.4 Å². The van der Waals surface area contributed by atoms with Crippen molar-refractivity contribution >= 4 is 36.0 Å². The summed E-state index contributed by atoms with van der Waals surface area (Å²) in [5.74, 6) is 0.537. The van der Waals surface area contributed by atoms with Gasteiger partial charge in [0.25, 0.3) is 0 Å². The summed E-state index contributed by atoms with van der Waals surface area (Å²) in [6.45, 7) is 9.44. The number of hydrogen-bond donors (Lipinski definition) is 1. The molecular formula is C18H28BClN4O3. The smallest absolute Gasteiger partial charge is 0.399 e. The zero-order valence-corrected chi connectivity index (χ0v) is 17.3. The monoisotopic (exact) mass is 394 g/mol. The number of carbonyl (C=O) groups is 1. The second-order valence-corrected chi connectivity index (χ2v) is 8.45. The van der Waals surface area contributed by atoms with E-state index in [2.05, 4.69) is 15.3 Å². The first-order chi connectivity index (χ1) is 12.7. The molecule has 9 heteroatoms. The summed E-state index contributed by atoms with van der Waals surface area (Å²) in [5.41, 5.74) is -0.00192. The molecule has 1 amide bonds. The van der Waals surface area contributed by atoms with Crippen LogP contribution in [0.1, 0.15) is 47.0 Å². The fourth-order valence-electron chi connectivity index (χ4n) is 3.36. The Labute approximate surface area is 166 Å². The summed E-state index contributed by atoms with van der Waals surface area (Å²) in [4.78, 5) is 22.6. The van der Waals surface area contributed by atoms with Crippen molar-refractivity contribution in [2.24, 2.45) is 0 Å². The van der Waals surface area contributed by atoms with Crippen molar-refractivity contribution in [3.8, 4) is 0 Å². The lowest BCUT2D eigenvalue weighted by atomic mass is 9.81. The SMILES string of the molecule is CC1(C)OB(c2cnc(NC[C@H]3CCCCN3C(=O)CCl)nc2)OC1(C)C. The predicted octanol–water partition coefficient (Wildman–Crippen LogP) is 1.81. The summed E-state index contributed by atoms with van der Waals surface area (Å²) < 4.78 is 12.0. The van der Waals surface area contributed by atoms with Crippen molar-refractivity contribution in [1.82, 2.24) is 14.9 Å². The average Bonchev–Trinajstić information content (AvgIpc) is 2.87. The Bertz CT molecular complexity index is 655. The van der Waals surface area contributed by atoms with E-state index in [9.17, 15) is 4.79 Å². The Balaban J connectivity index is 1.59. The van der Waals surface area contributed by atoms with E-state index < -0.39 is 18.3 Å². The highest BCUT2D eigenvalue weighted by molar-refractivity contribution is 6.61. The molecule has 1 aromatic rings. The Morgan fingerprint density at radius 2 is 1.89 bits per heavy atom. The Hall–Kier alpha value is -1.38. The topological polar surface area (TPSA) is 76.6 Å². The Morgan fingerprint density at radius 1 is 1.26 bits per heavy atom. The van der Waals surface area contributed by atoms with Gasteiger partial charge >= 0.3 is 7.12 Å². The zero-order chi connectivity index (χ0) is 19.7. The summed E-state index contributed by atoms with van der Waals surface area (Å²) in [7, 11) is -0.473. The molecule has 0 radical (unpaired) electrons. The number of aromatic nitrogens is 2. The number of likely N-dealkylation sites (tertiary alicyclic amines) is 1. The first kappa shape index (κ1) is 20.4. The Kier molecular flexibility index (Phi) is 5.98. The lowest BCUT2D eigenvalue weighted by Crippen LogP contribution is -2.47. The van der Waals surface area contributed by atoms with E-state index in [0.717, 1.165) is 31.3 Å². The van der Waals surface area contributed by atoms with Gasteiger partial charge in [-0.1, -0.05) is 0 Å². The van der Waals surface area contributed by atoms with Gasteiger partial charge in [-0.05, 0) is 47.0 Å². The molecule has 1 aromatic heterocycles. The standard InChI is InChI=1S/C18H28BClN4O3/c1-17(2)18(3,4)27-19(26-17)13-10-21-16(22-11-13)23-12-14-7-5-6-8-24(14)15(25)9-20/h10-11,14H,5-9,12H2,1-4H3,(H,21,22,23)/t14-/m1/s1. The number of nitrogens with zero attached hydrogens (tertiary/aromatic N) is 3. The highest BCUT2D eigenvalue weighted by Gasteiger charge is 2.51. The number of piperidine rings is 1. The summed E-state index contributed by atoms with van der Waals surface area (Å²) in [5, 5.41) is 3.23. The van der Waals surface area contributed by atoms with Crippen LogP contribution in [0.2, 0.25) is 0 Å². The molecule has 0 saturated carbocycles. The maximum atomic E-state index is 12.0. The van der Waals surface area contributed by atoms with Crippen LogP contribution < -0.4 is 10.8 Å². The molecule has 2 fully saturated rings. The Morgan fingerprint density at radius 3 is 2.48 bits per heavy atom. The molecule has 0 aliphatic carbocycles. The van der Waals surface area contributed by atoms with E-state index in [0.29, 0.717) is 12.5 Å². The third-order valence-corrected chi connectivity index (χ3v) is 5.98. The largest absolute Gasteiger partial charge is 0.498 e. The molecule has 0 bridgehead atoms. The van der Waals surface area contributed by atoms with Crippen molar-refractivity contribution in [2.75, 3.05) is 24.3 Å². The maximum absolute atomic E-state index is 12.0. The molecule has 0 aromatic carbocycles. The van der Waals surface area contributed by atoms with Gasteiger partial charge in [0.1, 0.15) is 5.88 Å². The molecule has 7 nitrogen and oxygen atoms in total. The van der Waals surface area contributed by atoms with Crippen LogP contribution in [0, 0.1) is 0 Å². The number of amides is 1. The number of anilines is 1. The van der Waals surface area contributed by atoms with Gasteiger partial charge in [-0.2, -0.15) is 0 Å². The van der Waals surface area contributed by atoms with Crippen LogP contribution in [0.25, 0.3) is 0 Å². The van der Waals surface area contributed by atoms with Gasteiger partial charge in [-0.25, -0.2) is 9.97 Å². The van der Waals surface area contributed by atoms with Gasteiger partial charge in [0.05, 0.1) is 11.2 Å². The molecule has 1 atom stereocenters. The minimum atomic E-state index is -0.473. The van der Waals surface area contributed by atoms with Crippen LogP contribution in [-0.4, -0.2) is 64.1 Å². The quantitative estimate of drug-likeness (QED) is 0.606. The minimum Gasteiger partial charge on any atom is -0.399 e. The van der Waals surface area contributed by atoms with Gasteiger partial charge in [-0.3, -0.25) is 4.79 Å². The van der Waals surface area contributed by atoms with Gasteiger partial charge in [0.15, 0.2) is 0 Å². The fourth-order valence-corrected chi connectivity index (χ4v) is 3.51. The van der Waals surface area contributed by atoms with Crippen LogP contribution >= 0.6 is 11.6 Å². The summed E-state index contributed by atoms with van der Waals surface area (Å²) >= 11 is 5.73. The van der Waals surface area contributed by atoms with E-state index in [-0.39, 0.29) is 17.8 Å². The normalized spacial score (nSPS) is 24.1. The number of nitrogens with one attached hydrogen (secondary N) is 1.